The van der Waals surface area contributed by atoms with Crippen molar-refractivity contribution in [1.29, 1.82) is 0 Å². The summed E-state index contributed by atoms with van der Waals surface area (Å²) in [7, 11) is 0. The molecule has 0 atom stereocenters. The molecule has 1 aromatic heterocycles. The van der Waals surface area contributed by atoms with Gasteiger partial charge in [-0.25, -0.2) is 0 Å². The summed E-state index contributed by atoms with van der Waals surface area (Å²) in [6.45, 7) is 3.49. The van der Waals surface area contributed by atoms with Gasteiger partial charge in [0, 0.05) is 18.3 Å². The highest BCUT2D eigenvalue weighted by Gasteiger charge is 2.15. The van der Waals surface area contributed by atoms with Gasteiger partial charge >= 0.3 is 0 Å². The van der Waals surface area contributed by atoms with Crippen LogP contribution in [0.5, 0.6) is 0 Å². The van der Waals surface area contributed by atoms with E-state index in [2.05, 4.69) is 46.4 Å². The third-order valence-electron chi connectivity index (χ3n) is 4.09. The van der Waals surface area contributed by atoms with Crippen molar-refractivity contribution in [2.45, 2.75) is 32.2 Å². The molecular formula is C16H22N2. The predicted octanol–water partition coefficient (Wildman–Crippen LogP) is 3.42. The van der Waals surface area contributed by atoms with E-state index in [1.165, 1.54) is 43.1 Å². The molecule has 2 heteroatoms. The van der Waals surface area contributed by atoms with E-state index in [4.69, 9.17) is 0 Å². The van der Waals surface area contributed by atoms with Crippen molar-refractivity contribution in [3.8, 4) is 0 Å². The lowest BCUT2D eigenvalue weighted by Gasteiger charge is -2.25. The first-order chi connectivity index (χ1) is 8.93. The van der Waals surface area contributed by atoms with Crippen LogP contribution in [0, 0.1) is 5.92 Å². The van der Waals surface area contributed by atoms with Crippen LogP contribution in [0.1, 0.15) is 25.7 Å². The molecule has 0 aliphatic heterocycles. The summed E-state index contributed by atoms with van der Waals surface area (Å²) in [5.74, 6) is 0.970. The van der Waals surface area contributed by atoms with Crippen molar-refractivity contribution in [2.75, 3.05) is 13.1 Å². The molecule has 0 amide bonds. The molecule has 1 aromatic carbocycles. The van der Waals surface area contributed by atoms with Crippen molar-refractivity contribution >= 4 is 10.9 Å². The van der Waals surface area contributed by atoms with Gasteiger partial charge in [-0.15, -0.1) is 0 Å². The average Bonchev–Trinajstić information content (AvgIpc) is 2.75. The van der Waals surface area contributed by atoms with E-state index in [1.807, 2.05) is 0 Å². The Morgan fingerprint density at radius 1 is 1.17 bits per heavy atom. The molecule has 1 aliphatic rings. The summed E-state index contributed by atoms with van der Waals surface area (Å²) in [6, 6.07) is 10.8. The number of nitrogens with one attached hydrogen (secondary N) is 1. The molecule has 1 fully saturated rings. The third kappa shape index (κ3) is 2.59. The van der Waals surface area contributed by atoms with Crippen molar-refractivity contribution in [2.24, 2.45) is 5.92 Å². The maximum absolute atomic E-state index is 3.58. The van der Waals surface area contributed by atoms with Gasteiger partial charge in [0.25, 0.3) is 0 Å². The van der Waals surface area contributed by atoms with E-state index >= 15 is 0 Å². The van der Waals surface area contributed by atoms with Crippen LogP contribution >= 0.6 is 0 Å². The summed E-state index contributed by atoms with van der Waals surface area (Å²) < 4.78 is 2.36. The second-order valence-electron chi connectivity index (χ2n) is 5.42. The van der Waals surface area contributed by atoms with Crippen LogP contribution in [0.2, 0.25) is 0 Å². The molecule has 1 aliphatic carbocycles. The van der Waals surface area contributed by atoms with Crippen LogP contribution in [0.4, 0.5) is 0 Å². The van der Waals surface area contributed by atoms with E-state index < -0.39 is 0 Å². The molecule has 18 heavy (non-hydrogen) atoms. The first-order valence-electron chi connectivity index (χ1n) is 7.18. The number of aryl methyl sites for hydroxylation is 1. The number of benzene rings is 1. The van der Waals surface area contributed by atoms with Gasteiger partial charge < -0.3 is 9.88 Å². The Kier molecular flexibility index (Phi) is 3.65. The molecule has 0 unspecified atom stereocenters. The largest absolute Gasteiger partial charge is 0.347 e. The minimum absolute atomic E-state index is 0.970. The molecule has 1 heterocycles. The Bertz CT molecular complexity index is 497. The van der Waals surface area contributed by atoms with E-state index in [0.717, 1.165) is 19.0 Å². The quantitative estimate of drug-likeness (QED) is 0.768. The van der Waals surface area contributed by atoms with Crippen LogP contribution in [0.15, 0.2) is 36.5 Å². The fraction of sp³-hybridized carbons (Fsp3) is 0.500. The number of hydrogen-bond donors (Lipinski definition) is 1. The average molecular weight is 242 g/mol. The van der Waals surface area contributed by atoms with Crippen LogP contribution in [0.25, 0.3) is 10.9 Å². The van der Waals surface area contributed by atoms with Crippen LogP contribution in [-0.2, 0) is 6.54 Å². The second-order valence-corrected chi connectivity index (χ2v) is 5.42. The monoisotopic (exact) mass is 242 g/mol. The van der Waals surface area contributed by atoms with Gasteiger partial charge in [-0.05, 0) is 55.8 Å². The van der Waals surface area contributed by atoms with Crippen molar-refractivity contribution < 1.29 is 0 Å². The van der Waals surface area contributed by atoms with Crippen molar-refractivity contribution in [1.82, 2.24) is 9.88 Å². The van der Waals surface area contributed by atoms with E-state index in [-0.39, 0.29) is 0 Å². The Morgan fingerprint density at radius 2 is 2.06 bits per heavy atom. The predicted molar refractivity (Wildman–Crippen MR) is 76.8 cm³/mol. The molecular weight excluding hydrogens is 220 g/mol. The lowest BCUT2D eigenvalue weighted by atomic mass is 9.85. The van der Waals surface area contributed by atoms with Gasteiger partial charge in [0.05, 0.1) is 0 Å². The normalized spacial score (nSPS) is 16.0. The number of aromatic nitrogens is 1. The highest BCUT2D eigenvalue weighted by Crippen LogP contribution is 2.25. The zero-order valence-corrected chi connectivity index (χ0v) is 10.9. The number of rotatable bonds is 6. The molecule has 0 radical (unpaired) electrons. The minimum atomic E-state index is 0.970. The fourth-order valence-electron chi connectivity index (χ4n) is 2.71. The lowest BCUT2D eigenvalue weighted by Crippen LogP contribution is -2.28. The van der Waals surface area contributed by atoms with Crippen LogP contribution < -0.4 is 5.32 Å². The van der Waals surface area contributed by atoms with Gasteiger partial charge in [-0.3, -0.25) is 0 Å². The summed E-state index contributed by atoms with van der Waals surface area (Å²) in [5.41, 5.74) is 1.36. The summed E-state index contributed by atoms with van der Waals surface area (Å²) in [5, 5.41) is 4.93. The molecule has 2 aromatic rings. The first-order valence-corrected chi connectivity index (χ1v) is 7.18. The number of para-hydroxylation sites is 1. The first kappa shape index (κ1) is 11.8. The Morgan fingerprint density at radius 3 is 2.89 bits per heavy atom. The van der Waals surface area contributed by atoms with Gasteiger partial charge in [-0.2, -0.15) is 0 Å². The molecule has 96 valence electrons. The molecule has 1 saturated carbocycles. The molecule has 1 N–H and O–H groups in total. The lowest BCUT2D eigenvalue weighted by molar-refractivity contribution is 0.301. The second kappa shape index (κ2) is 5.57. The highest BCUT2D eigenvalue weighted by atomic mass is 15.0. The van der Waals surface area contributed by atoms with Crippen LogP contribution in [-0.4, -0.2) is 17.7 Å². The smallest absolute Gasteiger partial charge is 0.0480 e. The van der Waals surface area contributed by atoms with Gasteiger partial charge in [-0.1, -0.05) is 24.6 Å². The summed E-state index contributed by atoms with van der Waals surface area (Å²) in [6.07, 6.45) is 7.74. The van der Waals surface area contributed by atoms with Gasteiger partial charge in [0.1, 0.15) is 0 Å². The Hall–Kier alpha value is -1.28. The SMILES string of the molecule is c1ccc2c(c1)ccn2CCCNCC1CCC1. The van der Waals surface area contributed by atoms with E-state index in [1.54, 1.807) is 0 Å². The van der Waals surface area contributed by atoms with E-state index in [9.17, 15) is 0 Å². The van der Waals surface area contributed by atoms with E-state index in [0.29, 0.717) is 0 Å². The topological polar surface area (TPSA) is 17.0 Å². The van der Waals surface area contributed by atoms with Gasteiger partial charge in [0.15, 0.2) is 0 Å². The zero-order valence-electron chi connectivity index (χ0n) is 10.9. The van der Waals surface area contributed by atoms with Crippen molar-refractivity contribution in [3.05, 3.63) is 36.5 Å². The molecule has 0 spiro atoms. The number of nitrogens with zero attached hydrogens (tertiary/aromatic N) is 1. The molecule has 0 bridgehead atoms. The molecule has 0 saturated heterocycles. The maximum atomic E-state index is 3.58. The Labute approximate surface area is 109 Å². The number of fused-ring (bicyclic) bond motifs is 1. The van der Waals surface area contributed by atoms with Gasteiger partial charge in [0.2, 0.25) is 0 Å². The standard InChI is InChI=1S/C16H22N2/c1-2-8-16-15(7-1)9-12-18(16)11-4-10-17-13-14-5-3-6-14/h1-2,7-9,12,14,17H,3-6,10-11,13H2. The molecule has 2 nitrogen and oxygen atoms in total. The molecule has 3 rings (SSSR count). The summed E-state index contributed by atoms with van der Waals surface area (Å²) >= 11 is 0. The Balaban J connectivity index is 1.44. The third-order valence-corrected chi connectivity index (χ3v) is 4.09. The summed E-state index contributed by atoms with van der Waals surface area (Å²) in [4.78, 5) is 0. The number of hydrogen-bond acceptors (Lipinski definition) is 1. The minimum Gasteiger partial charge on any atom is -0.347 e. The fourth-order valence-corrected chi connectivity index (χ4v) is 2.71. The van der Waals surface area contributed by atoms with Crippen LogP contribution in [0.3, 0.4) is 0 Å². The van der Waals surface area contributed by atoms with Crippen molar-refractivity contribution in [3.63, 3.8) is 0 Å². The zero-order chi connectivity index (χ0) is 12.2. The maximum Gasteiger partial charge on any atom is 0.0480 e. The highest BCUT2D eigenvalue weighted by molar-refractivity contribution is 5.79.